The van der Waals surface area contributed by atoms with Crippen molar-refractivity contribution < 1.29 is 0 Å². The molecule has 1 aromatic heterocycles. The van der Waals surface area contributed by atoms with E-state index in [1.165, 1.54) is 31.2 Å². The zero-order valence-corrected chi connectivity index (χ0v) is 12.6. The number of anilines is 2. The number of hydrogen-bond acceptors (Lipinski definition) is 4. The Labute approximate surface area is 116 Å². The van der Waals surface area contributed by atoms with E-state index in [1.807, 2.05) is 7.05 Å². The highest BCUT2D eigenvalue weighted by Gasteiger charge is 2.21. The maximum absolute atomic E-state index is 4.53. The lowest BCUT2D eigenvalue weighted by Crippen LogP contribution is -2.26. The van der Waals surface area contributed by atoms with Gasteiger partial charge in [0.1, 0.15) is 18.0 Å². The fourth-order valence-electron chi connectivity index (χ4n) is 3.09. The van der Waals surface area contributed by atoms with Gasteiger partial charge in [0.15, 0.2) is 0 Å². The lowest BCUT2D eigenvalue weighted by Gasteiger charge is -2.26. The molecule has 0 saturated heterocycles. The molecule has 2 rings (SSSR count). The van der Waals surface area contributed by atoms with Crippen LogP contribution in [0, 0.1) is 5.92 Å². The van der Waals surface area contributed by atoms with Crippen molar-refractivity contribution in [2.45, 2.75) is 45.4 Å². The molecule has 0 spiro atoms. The molecule has 0 aromatic carbocycles. The molecule has 1 heterocycles. The van der Waals surface area contributed by atoms with Crippen LogP contribution in [0.3, 0.4) is 0 Å². The third kappa shape index (κ3) is 3.17. The van der Waals surface area contributed by atoms with Crippen LogP contribution in [0.5, 0.6) is 0 Å². The Balaban J connectivity index is 2.22. The number of rotatable bonds is 5. The zero-order chi connectivity index (χ0) is 13.8. The summed E-state index contributed by atoms with van der Waals surface area (Å²) in [5, 5.41) is 3.19. The Morgan fingerprint density at radius 1 is 1.32 bits per heavy atom. The molecule has 1 aromatic rings. The summed E-state index contributed by atoms with van der Waals surface area (Å²) in [5.74, 6) is 3.29. The summed E-state index contributed by atoms with van der Waals surface area (Å²) in [6.07, 6.45) is 7.18. The Morgan fingerprint density at radius 2 is 2.00 bits per heavy atom. The van der Waals surface area contributed by atoms with Gasteiger partial charge in [-0.2, -0.15) is 0 Å². The van der Waals surface area contributed by atoms with E-state index in [2.05, 4.69) is 41.1 Å². The summed E-state index contributed by atoms with van der Waals surface area (Å²) >= 11 is 0. The first kappa shape index (κ1) is 14.1. The Morgan fingerprint density at radius 3 is 2.58 bits per heavy atom. The fourth-order valence-corrected chi connectivity index (χ4v) is 3.09. The van der Waals surface area contributed by atoms with Crippen LogP contribution in [0.15, 0.2) is 6.33 Å². The van der Waals surface area contributed by atoms with Crippen LogP contribution in [0.1, 0.15) is 51.0 Å². The first-order chi connectivity index (χ1) is 9.13. The van der Waals surface area contributed by atoms with Crippen LogP contribution in [0.4, 0.5) is 11.6 Å². The Bertz CT molecular complexity index is 411. The smallest absolute Gasteiger partial charge is 0.137 e. The maximum Gasteiger partial charge on any atom is 0.137 e. The van der Waals surface area contributed by atoms with E-state index >= 15 is 0 Å². The van der Waals surface area contributed by atoms with E-state index in [-0.39, 0.29) is 0 Å². The van der Waals surface area contributed by atoms with Crippen LogP contribution < -0.4 is 10.2 Å². The third-order valence-corrected chi connectivity index (χ3v) is 4.05. The van der Waals surface area contributed by atoms with E-state index in [0.29, 0.717) is 5.92 Å². The van der Waals surface area contributed by atoms with Gasteiger partial charge in [0.05, 0.1) is 0 Å². The van der Waals surface area contributed by atoms with Crippen LogP contribution in [-0.2, 0) is 0 Å². The molecule has 1 N–H and O–H groups in total. The average Bonchev–Trinajstić information content (AvgIpc) is 2.90. The molecular weight excluding hydrogens is 236 g/mol. The van der Waals surface area contributed by atoms with Gasteiger partial charge in [0.25, 0.3) is 0 Å². The molecule has 0 atom stereocenters. The minimum Gasteiger partial charge on any atom is -0.373 e. The van der Waals surface area contributed by atoms with Crippen molar-refractivity contribution in [3.8, 4) is 0 Å². The van der Waals surface area contributed by atoms with Crippen molar-refractivity contribution >= 4 is 11.6 Å². The van der Waals surface area contributed by atoms with Crippen molar-refractivity contribution in [2.75, 3.05) is 30.9 Å². The summed E-state index contributed by atoms with van der Waals surface area (Å²) < 4.78 is 0. The number of aromatic nitrogens is 2. The molecule has 4 nitrogen and oxygen atoms in total. The lowest BCUT2D eigenvalue weighted by molar-refractivity contribution is 0.543. The largest absolute Gasteiger partial charge is 0.373 e. The molecule has 1 saturated carbocycles. The van der Waals surface area contributed by atoms with E-state index in [1.54, 1.807) is 6.33 Å². The standard InChI is InChI=1S/C15H26N4/c1-11(2)13-14(16-3)17-10-18-15(13)19(4)9-12-7-5-6-8-12/h10-12H,5-9H2,1-4H3,(H,16,17,18). The van der Waals surface area contributed by atoms with Crippen molar-refractivity contribution in [3.05, 3.63) is 11.9 Å². The summed E-state index contributed by atoms with van der Waals surface area (Å²) in [6.45, 7) is 5.51. The minimum absolute atomic E-state index is 0.421. The van der Waals surface area contributed by atoms with Gasteiger partial charge >= 0.3 is 0 Å². The molecule has 0 bridgehead atoms. The molecule has 0 aliphatic heterocycles. The van der Waals surface area contributed by atoms with Crippen molar-refractivity contribution in [1.82, 2.24) is 9.97 Å². The lowest BCUT2D eigenvalue weighted by atomic mass is 10.0. The first-order valence-corrected chi connectivity index (χ1v) is 7.37. The third-order valence-electron chi connectivity index (χ3n) is 4.05. The Hall–Kier alpha value is -1.32. The van der Waals surface area contributed by atoms with E-state index in [0.717, 1.165) is 24.1 Å². The first-order valence-electron chi connectivity index (χ1n) is 7.37. The van der Waals surface area contributed by atoms with Crippen LogP contribution in [0.25, 0.3) is 0 Å². The molecule has 1 aliphatic carbocycles. The molecule has 1 aliphatic rings. The van der Waals surface area contributed by atoms with Gasteiger partial charge in [-0.05, 0) is 24.7 Å². The highest BCUT2D eigenvalue weighted by molar-refractivity contribution is 5.59. The van der Waals surface area contributed by atoms with Gasteiger partial charge < -0.3 is 10.2 Å². The highest BCUT2D eigenvalue weighted by atomic mass is 15.2. The molecular formula is C15H26N4. The highest BCUT2D eigenvalue weighted by Crippen LogP contribution is 2.32. The minimum atomic E-state index is 0.421. The van der Waals surface area contributed by atoms with E-state index in [9.17, 15) is 0 Å². The second-order valence-corrected chi connectivity index (χ2v) is 5.90. The SMILES string of the molecule is CNc1ncnc(N(C)CC2CCCC2)c1C(C)C. The molecule has 1 fully saturated rings. The summed E-state index contributed by atoms with van der Waals surface area (Å²) in [4.78, 5) is 11.2. The number of nitrogens with zero attached hydrogens (tertiary/aromatic N) is 3. The van der Waals surface area contributed by atoms with Gasteiger partial charge in [-0.1, -0.05) is 26.7 Å². The molecule has 4 heteroatoms. The van der Waals surface area contributed by atoms with Gasteiger partial charge in [-0.3, -0.25) is 0 Å². The van der Waals surface area contributed by atoms with Crippen molar-refractivity contribution in [2.24, 2.45) is 5.92 Å². The average molecular weight is 262 g/mol. The summed E-state index contributed by atoms with van der Waals surface area (Å²) in [6, 6.07) is 0. The van der Waals surface area contributed by atoms with Crippen LogP contribution in [-0.4, -0.2) is 30.6 Å². The van der Waals surface area contributed by atoms with Gasteiger partial charge in [0.2, 0.25) is 0 Å². The van der Waals surface area contributed by atoms with Crippen LogP contribution >= 0.6 is 0 Å². The van der Waals surface area contributed by atoms with E-state index in [4.69, 9.17) is 0 Å². The summed E-state index contributed by atoms with van der Waals surface area (Å²) in [5.41, 5.74) is 1.23. The molecule has 106 valence electrons. The predicted molar refractivity (Wildman–Crippen MR) is 80.9 cm³/mol. The zero-order valence-electron chi connectivity index (χ0n) is 12.6. The molecule has 0 radical (unpaired) electrons. The summed E-state index contributed by atoms with van der Waals surface area (Å²) in [7, 11) is 4.08. The normalized spacial score (nSPS) is 16.1. The fraction of sp³-hybridized carbons (Fsp3) is 0.733. The van der Waals surface area contributed by atoms with Crippen molar-refractivity contribution in [3.63, 3.8) is 0 Å². The van der Waals surface area contributed by atoms with Gasteiger partial charge in [-0.15, -0.1) is 0 Å². The molecule has 0 amide bonds. The second-order valence-electron chi connectivity index (χ2n) is 5.90. The van der Waals surface area contributed by atoms with E-state index < -0.39 is 0 Å². The Kier molecular flexibility index (Phi) is 4.61. The number of hydrogen-bond donors (Lipinski definition) is 1. The monoisotopic (exact) mass is 262 g/mol. The molecule has 0 unspecified atom stereocenters. The number of nitrogens with one attached hydrogen (secondary N) is 1. The predicted octanol–water partition coefficient (Wildman–Crippen LogP) is 3.27. The second kappa shape index (κ2) is 6.22. The van der Waals surface area contributed by atoms with Gasteiger partial charge in [0, 0.05) is 26.2 Å². The maximum atomic E-state index is 4.53. The quantitative estimate of drug-likeness (QED) is 0.884. The van der Waals surface area contributed by atoms with Crippen molar-refractivity contribution in [1.29, 1.82) is 0 Å². The van der Waals surface area contributed by atoms with Gasteiger partial charge in [-0.25, -0.2) is 9.97 Å². The van der Waals surface area contributed by atoms with Crippen LogP contribution in [0.2, 0.25) is 0 Å². The molecule has 19 heavy (non-hydrogen) atoms. The topological polar surface area (TPSA) is 41.1 Å².